The van der Waals surface area contributed by atoms with E-state index in [1.54, 1.807) is 0 Å². The molecule has 0 aromatic rings. The molecular formula is C15H29N3O2. The van der Waals surface area contributed by atoms with Crippen LogP contribution in [0.15, 0.2) is 0 Å². The third kappa shape index (κ3) is 5.67. The number of carbonyl (C=O) groups is 1. The van der Waals surface area contributed by atoms with Gasteiger partial charge in [-0.25, -0.2) is 4.79 Å². The van der Waals surface area contributed by atoms with E-state index in [1.807, 2.05) is 0 Å². The number of hydrogen-bond donors (Lipinski definition) is 2. The first-order chi connectivity index (χ1) is 9.65. The van der Waals surface area contributed by atoms with Gasteiger partial charge >= 0.3 is 6.03 Å². The quantitative estimate of drug-likeness (QED) is 0.698. The summed E-state index contributed by atoms with van der Waals surface area (Å²) in [5, 5.41) is 5.93. The first kappa shape index (κ1) is 15.6. The van der Waals surface area contributed by atoms with Gasteiger partial charge in [0.15, 0.2) is 0 Å². The average molecular weight is 283 g/mol. The summed E-state index contributed by atoms with van der Waals surface area (Å²) < 4.78 is 5.49. The second-order valence-corrected chi connectivity index (χ2v) is 6.32. The minimum Gasteiger partial charge on any atom is -0.379 e. The lowest BCUT2D eigenvalue weighted by atomic mass is 10.0. The second kappa shape index (κ2) is 7.84. The van der Waals surface area contributed by atoms with Crippen molar-refractivity contribution in [2.75, 3.05) is 32.8 Å². The molecule has 2 fully saturated rings. The minimum absolute atomic E-state index is 0.0528. The summed E-state index contributed by atoms with van der Waals surface area (Å²) in [6, 6.07) is 0.869. The Morgan fingerprint density at radius 2 is 1.95 bits per heavy atom. The summed E-state index contributed by atoms with van der Waals surface area (Å²) in [6.45, 7) is 8.68. The number of urea groups is 1. The minimum atomic E-state index is -0.0528. The van der Waals surface area contributed by atoms with E-state index in [-0.39, 0.29) is 6.03 Å². The van der Waals surface area contributed by atoms with Gasteiger partial charge in [-0.1, -0.05) is 0 Å². The van der Waals surface area contributed by atoms with Gasteiger partial charge in [0.2, 0.25) is 0 Å². The number of piperidine rings is 1. The topological polar surface area (TPSA) is 53.6 Å². The Labute approximate surface area is 122 Å². The zero-order valence-corrected chi connectivity index (χ0v) is 12.9. The number of amides is 2. The molecule has 1 aliphatic heterocycles. The maximum atomic E-state index is 11.7. The molecule has 0 spiro atoms. The predicted molar refractivity (Wildman–Crippen MR) is 79.8 cm³/mol. The third-order valence-electron chi connectivity index (χ3n) is 4.18. The fourth-order valence-electron chi connectivity index (χ4n) is 2.57. The number of hydrogen-bond acceptors (Lipinski definition) is 3. The molecule has 5 heteroatoms. The largest absolute Gasteiger partial charge is 0.379 e. The molecular weight excluding hydrogens is 254 g/mol. The van der Waals surface area contributed by atoms with E-state index in [2.05, 4.69) is 29.4 Å². The maximum Gasteiger partial charge on any atom is 0.315 e. The first-order valence-corrected chi connectivity index (χ1v) is 8.01. The molecule has 1 saturated carbocycles. The van der Waals surface area contributed by atoms with Crippen molar-refractivity contribution < 1.29 is 9.53 Å². The fourth-order valence-corrected chi connectivity index (χ4v) is 2.57. The molecule has 1 saturated heterocycles. The van der Waals surface area contributed by atoms with Gasteiger partial charge in [0.1, 0.15) is 0 Å². The van der Waals surface area contributed by atoms with Crippen LogP contribution in [0.3, 0.4) is 0 Å². The summed E-state index contributed by atoms with van der Waals surface area (Å²) in [5.41, 5.74) is 0. The zero-order chi connectivity index (χ0) is 14.4. The van der Waals surface area contributed by atoms with Crippen LogP contribution in [-0.4, -0.2) is 55.9 Å². The molecule has 1 heterocycles. The van der Waals surface area contributed by atoms with E-state index in [0.717, 1.165) is 38.5 Å². The lowest BCUT2D eigenvalue weighted by Gasteiger charge is -2.34. The van der Waals surface area contributed by atoms with Crippen molar-refractivity contribution in [2.45, 2.75) is 51.6 Å². The van der Waals surface area contributed by atoms with E-state index in [4.69, 9.17) is 4.74 Å². The SMILES string of the molecule is CC(C)N1CCC(NC(=O)NCCOCC2CC2)CC1. The molecule has 0 unspecified atom stereocenters. The van der Waals surface area contributed by atoms with Crippen molar-refractivity contribution in [2.24, 2.45) is 5.92 Å². The van der Waals surface area contributed by atoms with Crippen LogP contribution in [0.2, 0.25) is 0 Å². The van der Waals surface area contributed by atoms with E-state index in [9.17, 15) is 4.79 Å². The highest BCUT2D eigenvalue weighted by Gasteiger charge is 2.22. The molecule has 0 bridgehead atoms. The van der Waals surface area contributed by atoms with Crippen molar-refractivity contribution >= 4 is 6.03 Å². The van der Waals surface area contributed by atoms with Gasteiger partial charge in [0.05, 0.1) is 6.61 Å². The summed E-state index contributed by atoms with van der Waals surface area (Å²) in [7, 11) is 0. The van der Waals surface area contributed by atoms with Crippen molar-refractivity contribution in [1.29, 1.82) is 0 Å². The summed E-state index contributed by atoms with van der Waals surface area (Å²) in [4.78, 5) is 14.2. The Morgan fingerprint density at radius 1 is 1.25 bits per heavy atom. The highest BCUT2D eigenvalue weighted by atomic mass is 16.5. The summed E-state index contributed by atoms with van der Waals surface area (Å²) in [5.74, 6) is 0.787. The van der Waals surface area contributed by atoms with Crippen LogP contribution in [0.4, 0.5) is 4.79 Å². The lowest BCUT2D eigenvalue weighted by Crippen LogP contribution is -2.49. The Hall–Kier alpha value is -0.810. The van der Waals surface area contributed by atoms with Crippen LogP contribution in [0.5, 0.6) is 0 Å². The molecule has 20 heavy (non-hydrogen) atoms. The Morgan fingerprint density at radius 3 is 2.55 bits per heavy atom. The standard InChI is InChI=1S/C15H29N3O2/c1-12(2)18-8-5-14(6-9-18)17-15(19)16-7-10-20-11-13-3-4-13/h12-14H,3-11H2,1-2H3,(H2,16,17,19). The summed E-state index contributed by atoms with van der Waals surface area (Å²) >= 11 is 0. The van der Waals surface area contributed by atoms with Gasteiger partial charge in [0, 0.05) is 38.3 Å². The van der Waals surface area contributed by atoms with Gasteiger partial charge in [0.25, 0.3) is 0 Å². The average Bonchev–Trinajstić information content (AvgIpc) is 3.23. The van der Waals surface area contributed by atoms with E-state index >= 15 is 0 Å². The molecule has 2 aliphatic rings. The Bertz CT molecular complexity index is 297. The van der Waals surface area contributed by atoms with Gasteiger partial charge in [-0.2, -0.15) is 0 Å². The number of rotatable bonds is 7. The Balaban J connectivity index is 1.49. The van der Waals surface area contributed by atoms with Gasteiger partial charge in [-0.05, 0) is 45.4 Å². The van der Waals surface area contributed by atoms with E-state index in [1.165, 1.54) is 12.8 Å². The molecule has 0 aromatic carbocycles. The van der Waals surface area contributed by atoms with E-state index in [0.29, 0.717) is 25.2 Å². The van der Waals surface area contributed by atoms with Crippen molar-refractivity contribution in [3.8, 4) is 0 Å². The van der Waals surface area contributed by atoms with Crippen LogP contribution in [0.1, 0.15) is 39.5 Å². The fraction of sp³-hybridized carbons (Fsp3) is 0.933. The van der Waals surface area contributed by atoms with E-state index < -0.39 is 0 Å². The van der Waals surface area contributed by atoms with Crippen molar-refractivity contribution in [3.63, 3.8) is 0 Å². The van der Waals surface area contributed by atoms with Crippen LogP contribution in [0.25, 0.3) is 0 Å². The first-order valence-electron chi connectivity index (χ1n) is 8.01. The van der Waals surface area contributed by atoms with Crippen LogP contribution >= 0.6 is 0 Å². The monoisotopic (exact) mass is 283 g/mol. The van der Waals surface area contributed by atoms with Crippen LogP contribution in [0, 0.1) is 5.92 Å². The predicted octanol–water partition coefficient (Wildman–Crippen LogP) is 1.58. The van der Waals surface area contributed by atoms with Crippen LogP contribution in [-0.2, 0) is 4.74 Å². The highest BCUT2D eigenvalue weighted by Crippen LogP contribution is 2.28. The highest BCUT2D eigenvalue weighted by molar-refractivity contribution is 5.74. The molecule has 0 aromatic heterocycles. The number of nitrogens with one attached hydrogen (secondary N) is 2. The van der Waals surface area contributed by atoms with Gasteiger partial charge in [-0.15, -0.1) is 0 Å². The number of ether oxygens (including phenoxy) is 1. The molecule has 2 amide bonds. The van der Waals surface area contributed by atoms with Crippen LogP contribution < -0.4 is 10.6 Å². The molecule has 116 valence electrons. The molecule has 2 N–H and O–H groups in total. The normalized spacial score (nSPS) is 21.1. The number of nitrogens with zero attached hydrogens (tertiary/aromatic N) is 1. The molecule has 0 radical (unpaired) electrons. The van der Waals surface area contributed by atoms with Gasteiger partial charge < -0.3 is 20.3 Å². The molecule has 1 aliphatic carbocycles. The summed E-state index contributed by atoms with van der Waals surface area (Å²) in [6.07, 6.45) is 4.71. The third-order valence-corrected chi connectivity index (χ3v) is 4.18. The Kier molecular flexibility index (Phi) is 6.10. The zero-order valence-electron chi connectivity index (χ0n) is 12.9. The molecule has 0 atom stereocenters. The second-order valence-electron chi connectivity index (χ2n) is 6.32. The number of carbonyl (C=O) groups excluding carboxylic acids is 1. The van der Waals surface area contributed by atoms with Gasteiger partial charge in [-0.3, -0.25) is 0 Å². The maximum absolute atomic E-state index is 11.7. The lowest BCUT2D eigenvalue weighted by molar-refractivity contribution is 0.126. The van der Waals surface area contributed by atoms with Crippen molar-refractivity contribution in [1.82, 2.24) is 15.5 Å². The molecule has 5 nitrogen and oxygen atoms in total. The van der Waals surface area contributed by atoms with Crippen molar-refractivity contribution in [3.05, 3.63) is 0 Å². The smallest absolute Gasteiger partial charge is 0.315 e. The number of likely N-dealkylation sites (tertiary alicyclic amines) is 1. The molecule has 2 rings (SSSR count).